The van der Waals surface area contributed by atoms with E-state index in [2.05, 4.69) is 16.5 Å². The number of H-pyrrole nitrogens is 1. The van der Waals surface area contributed by atoms with Crippen molar-refractivity contribution in [2.45, 2.75) is 19.0 Å². The molecule has 5 nitrogen and oxygen atoms in total. The molecule has 0 radical (unpaired) electrons. The van der Waals surface area contributed by atoms with Crippen LogP contribution in [0.3, 0.4) is 0 Å². The van der Waals surface area contributed by atoms with Crippen molar-refractivity contribution in [3.05, 3.63) is 66.8 Å². The molecule has 0 bridgehead atoms. The highest BCUT2D eigenvalue weighted by Gasteiger charge is 2.25. The number of aromatic nitrogens is 2. The van der Waals surface area contributed by atoms with Gasteiger partial charge in [0.2, 0.25) is 0 Å². The van der Waals surface area contributed by atoms with Crippen LogP contribution in [0.5, 0.6) is 0 Å². The minimum Gasteiger partial charge on any atom is -0.460 e. The maximum Gasteiger partial charge on any atom is 0.324 e. The molecule has 0 aliphatic rings. The molecule has 0 saturated heterocycles. The van der Waals surface area contributed by atoms with Gasteiger partial charge in [-0.05, 0) is 12.6 Å². The van der Waals surface area contributed by atoms with Crippen LogP contribution in [0.1, 0.15) is 11.3 Å². The van der Waals surface area contributed by atoms with Gasteiger partial charge in [-0.1, -0.05) is 43.0 Å². The summed E-state index contributed by atoms with van der Waals surface area (Å²) in [4.78, 5) is 21.3. The Morgan fingerprint density at radius 1 is 1.45 bits per heavy atom. The number of esters is 1. The van der Waals surface area contributed by atoms with Gasteiger partial charge in [-0.15, -0.1) is 0 Å². The Kier molecular flexibility index (Phi) is 5.91. The number of hydrogen-bond acceptors (Lipinski definition) is 4. The fourth-order valence-electron chi connectivity index (χ4n) is 2.24. The van der Waals surface area contributed by atoms with Gasteiger partial charge in [0.15, 0.2) is 0 Å². The van der Waals surface area contributed by atoms with Crippen LogP contribution in [0.15, 0.2) is 55.5 Å². The molecule has 22 heavy (non-hydrogen) atoms. The van der Waals surface area contributed by atoms with Crippen molar-refractivity contribution in [3.63, 3.8) is 0 Å². The monoisotopic (exact) mass is 299 g/mol. The van der Waals surface area contributed by atoms with Crippen molar-refractivity contribution >= 4 is 5.97 Å². The lowest BCUT2D eigenvalue weighted by Crippen LogP contribution is -2.41. The third-order valence-electron chi connectivity index (χ3n) is 3.39. The zero-order valence-electron chi connectivity index (χ0n) is 12.7. The fourth-order valence-corrected chi connectivity index (χ4v) is 2.24. The normalized spacial score (nSPS) is 12.1. The molecular weight excluding hydrogens is 278 g/mol. The zero-order chi connectivity index (χ0) is 15.8. The number of carbonyl (C=O) groups is 1. The number of ether oxygens (including phenoxy) is 1. The minimum absolute atomic E-state index is 0.220. The molecule has 0 aliphatic heterocycles. The first-order chi connectivity index (χ1) is 10.7. The molecule has 0 fully saturated rings. The van der Waals surface area contributed by atoms with E-state index in [0.717, 1.165) is 11.3 Å². The Hall–Kier alpha value is -2.40. The van der Waals surface area contributed by atoms with E-state index in [9.17, 15) is 4.79 Å². The summed E-state index contributed by atoms with van der Waals surface area (Å²) in [6.45, 7) is 4.46. The van der Waals surface area contributed by atoms with Crippen LogP contribution >= 0.6 is 0 Å². The predicted octanol–water partition coefficient (Wildman–Crippen LogP) is 2.18. The van der Waals surface area contributed by atoms with Gasteiger partial charge in [0, 0.05) is 24.9 Å². The summed E-state index contributed by atoms with van der Waals surface area (Å²) in [6.07, 6.45) is 5.43. The molecule has 0 aliphatic carbocycles. The van der Waals surface area contributed by atoms with E-state index in [1.165, 1.54) is 0 Å². The Balaban J connectivity index is 2.08. The van der Waals surface area contributed by atoms with Crippen LogP contribution in [0.4, 0.5) is 0 Å². The summed E-state index contributed by atoms with van der Waals surface area (Å²) in [5, 5.41) is 0. The average Bonchev–Trinajstić information content (AvgIpc) is 3.04. The second-order valence-electron chi connectivity index (χ2n) is 5.12. The van der Waals surface area contributed by atoms with Crippen molar-refractivity contribution in [1.82, 2.24) is 14.9 Å². The largest absolute Gasteiger partial charge is 0.460 e. The lowest BCUT2D eigenvalue weighted by Gasteiger charge is -2.26. The molecule has 2 aromatic rings. The maximum absolute atomic E-state index is 12.3. The van der Waals surface area contributed by atoms with Crippen molar-refractivity contribution in [2.75, 3.05) is 13.7 Å². The SMILES string of the molecule is C=CCOC(=O)[C@H](Cc1cnc[nH]1)N(C)Cc1ccccc1. The van der Waals surface area contributed by atoms with Gasteiger partial charge in [0.1, 0.15) is 12.6 Å². The second kappa shape index (κ2) is 8.14. The van der Waals surface area contributed by atoms with Gasteiger partial charge in [-0.25, -0.2) is 4.98 Å². The van der Waals surface area contributed by atoms with Crippen molar-refractivity contribution < 1.29 is 9.53 Å². The third kappa shape index (κ3) is 4.56. The van der Waals surface area contributed by atoms with Gasteiger partial charge in [0.05, 0.1) is 6.33 Å². The number of benzene rings is 1. The summed E-state index contributed by atoms with van der Waals surface area (Å²) in [6, 6.07) is 9.66. The molecule has 2 rings (SSSR count). The molecule has 116 valence electrons. The first kappa shape index (κ1) is 16.0. The highest BCUT2D eigenvalue weighted by atomic mass is 16.5. The van der Waals surface area contributed by atoms with Gasteiger partial charge < -0.3 is 9.72 Å². The van der Waals surface area contributed by atoms with Crippen LogP contribution in [-0.4, -0.2) is 40.5 Å². The lowest BCUT2D eigenvalue weighted by molar-refractivity contribution is -0.148. The fraction of sp³-hybridized carbons (Fsp3) is 0.294. The van der Waals surface area contributed by atoms with E-state index in [0.29, 0.717) is 13.0 Å². The standard InChI is InChI=1S/C17H21N3O2/c1-3-9-22-17(21)16(10-15-11-18-13-19-15)20(2)12-14-7-5-4-6-8-14/h3-8,11,13,16H,1,9-10,12H2,2H3,(H,18,19)/t16-/m0/s1. The van der Waals surface area contributed by atoms with Crippen LogP contribution in [0.25, 0.3) is 0 Å². The molecule has 1 aromatic carbocycles. The highest BCUT2D eigenvalue weighted by Crippen LogP contribution is 2.11. The summed E-state index contributed by atoms with van der Waals surface area (Å²) >= 11 is 0. The van der Waals surface area contributed by atoms with Crippen LogP contribution < -0.4 is 0 Å². The predicted molar refractivity (Wildman–Crippen MR) is 85.1 cm³/mol. The molecule has 0 amide bonds. The Labute approximate surface area is 130 Å². The maximum atomic E-state index is 12.3. The second-order valence-corrected chi connectivity index (χ2v) is 5.12. The van der Waals surface area contributed by atoms with Gasteiger partial charge >= 0.3 is 5.97 Å². The topological polar surface area (TPSA) is 58.2 Å². The quantitative estimate of drug-likeness (QED) is 0.599. The van der Waals surface area contributed by atoms with E-state index < -0.39 is 0 Å². The number of rotatable bonds is 8. The van der Waals surface area contributed by atoms with Crippen molar-refractivity contribution in [2.24, 2.45) is 0 Å². The molecule has 1 atom stereocenters. The van der Waals surface area contributed by atoms with E-state index >= 15 is 0 Å². The van der Waals surface area contributed by atoms with Gasteiger partial charge in [-0.3, -0.25) is 9.69 Å². The van der Waals surface area contributed by atoms with Crippen LogP contribution in [-0.2, 0) is 22.5 Å². The summed E-state index contributed by atoms with van der Waals surface area (Å²) in [7, 11) is 1.92. The summed E-state index contributed by atoms with van der Waals surface area (Å²) in [5.41, 5.74) is 2.05. The van der Waals surface area contributed by atoms with Crippen LogP contribution in [0.2, 0.25) is 0 Å². The molecule has 1 N–H and O–H groups in total. The number of imidazole rings is 1. The molecule has 5 heteroatoms. The summed E-state index contributed by atoms with van der Waals surface area (Å²) in [5.74, 6) is -0.257. The molecule has 1 aromatic heterocycles. The van der Waals surface area contributed by atoms with Crippen molar-refractivity contribution in [3.8, 4) is 0 Å². The smallest absolute Gasteiger partial charge is 0.324 e. The minimum atomic E-state index is -0.374. The molecular formula is C17H21N3O2. The Morgan fingerprint density at radius 2 is 2.23 bits per heavy atom. The van der Waals surface area contributed by atoms with Crippen LogP contribution in [0, 0.1) is 0 Å². The highest BCUT2D eigenvalue weighted by molar-refractivity contribution is 5.76. The van der Waals surface area contributed by atoms with E-state index in [4.69, 9.17) is 4.74 Å². The van der Waals surface area contributed by atoms with Crippen molar-refractivity contribution in [1.29, 1.82) is 0 Å². The molecule has 1 heterocycles. The Bertz CT molecular complexity index is 581. The number of nitrogens with zero attached hydrogens (tertiary/aromatic N) is 2. The van der Waals surface area contributed by atoms with Gasteiger partial charge in [0.25, 0.3) is 0 Å². The van der Waals surface area contributed by atoms with E-state index in [-0.39, 0.29) is 18.6 Å². The number of hydrogen-bond donors (Lipinski definition) is 1. The molecule has 0 saturated carbocycles. The van der Waals surface area contributed by atoms with E-state index in [1.807, 2.05) is 42.3 Å². The average molecular weight is 299 g/mol. The Morgan fingerprint density at radius 3 is 2.86 bits per heavy atom. The third-order valence-corrected chi connectivity index (χ3v) is 3.39. The first-order valence-electron chi connectivity index (χ1n) is 7.19. The number of likely N-dealkylation sites (N-methyl/N-ethyl adjacent to an activating group) is 1. The lowest BCUT2D eigenvalue weighted by atomic mass is 10.1. The van der Waals surface area contributed by atoms with E-state index in [1.54, 1.807) is 18.6 Å². The zero-order valence-corrected chi connectivity index (χ0v) is 12.7. The number of carbonyl (C=O) groups excluding carboxylic acids is 1. The first-order valence-corrected chi connectivity index (χ1v) is 7.19. The molecule has 0 spiro atoms. The summed E-state index contributed by atoms with van der Waals surface area (Å²) < 4.78 is 5.23. The van der Waals surface area contributed by atoms with Gasteiger partial charge in [-0.2, -0.15) is 0 Å². The number of nitrogens with one attached hydrogen (secondary N) is 1. The number of aromatic amines is 1. The molecule has 0 unspecified atom stereocenters.